The summed E-state index contributed by atoms with van der Waals surface area (Å²) in [6.07, 6.45) is 7.69. The van der Waals surface area contributed by atoms with Crippen LogP contribution in [0.4, 0.5) is 0 Å². The number of hydrogen-bond acceptors (Lipinski definition) is 4. The van der Waals surface area contributed by atoms with Gasteiger partial charge in [0.15, 0.2) is 0 Å². The van der Waals surface area contributed by atoms with Crippen molar-refractivity contribution in [2.75, 3.05) is 19.7 Å². The summed E-state index contributed by atoms with van der Waals surface area (Å²) >= 11 is 0. The number of hydrogen-bond donors (Lipinski definition) is 0. The fourth-order valence-corrected chi connectivity index (χ4v) is 4.24. The zero-order valence-corrected chi connectivity index (χ0v) is 15.6. The van der Waals surface area contributed by atoms with Crippen LogP contribution in [0.15, 0.2) is 24.3 Å². The highest BCUT2D eigenvalue weighted by atomic mass is 16.5. The van der Waals surface area contributed by atoms with E-state index in [1.165, 1.54) is 45.2 Å². The lowest BCUT2D eigenvalue weighted by Crippen LogP contribution is -2.48. The van der Waals surface area contributed by atoms with E-state index >= 15 is 0 Å². The van der Waals surface area contributed by atoms with E-state index in [4.69, 9.17) is 9.47 Å². The third kappa shape index (κ3) is 4.97. The number of benzene rings is 1. The number of esters is 1. The van der Waals surface area contributed by atoms with Crippen LogP contribution in [0.5, 0.6) is 5.75 Å². The molecule has 0 spiro atoms. The molecular formula is C21H31NO3. The SMILES string of the molecule is CC(C)Oc1ccc(C(=O)OCC[C@@H]2CCCN3CCCC[C@@H]23)cc1. The minimum Gasteiger partial charge on any atom is -0.491 e. The fourth-order valence-electron chi connectivity index (χ4n) is 4.24. The first-order valence-electron chi connectivity index (χ1n) is 9.81. The van der Waals surface area contributed by atoms with Gasteiger partial charge in [-0.25, -0.2) is 4.79 Å². The molecule has 0 saturated carbocycles. The summed E-state index contributed by atoms with van der Waals surface area (Å²) in [6, 6.07) is 7.94. The minimum absolute atomic E-state index is 0.132. The molecule has 0 radical (unpaired) electrons. The molecule has 0 aliphatic carbocycles. The van der Waals surface area contributed by atoms with Gasteiger partial charge in [0.2, 0.25) is 0 Å². The first kappa shape index (κ1) is 18.2. The van der Waals surface area contributed by atoms with Gasteiger partial charge in [0, 0.05) is 6.04 Å². The van der Waals surface area contributed by atoms with Crippen molar-refractivity contribution in [2.24, 2.45) is 5.92 Å². The van der Waals surface area contributed by atoms with Gasteiger partial charge in [-0.15, -0.1) is 0 Å². The van der Waals surface area contributed by atoms with Gasteiger partial charge < -0.3 is 14.4 Å². The molecular weight excluding hydrogens is 314 g/mol. The van der Waals surface area contributed by atoms with Crippen LogP contribution in [0.1, 0.15) is 62.7 Å². The van der Waals surface area contributed by atoms with Crippen LogP contribution in [-0.4, -0.2) is 42.7 Å². The normalized spacial score (nSPS) is 24.0. The Hall–Kier alpha value is -1.55. The Morgan fingerprint density at radius 2 is 1.88 bits per heavy atom. The molecule has 1 aromatic rings. The summed E-state index contributed by atoms with van der Waals surface area (Å²) < 4.78 is 11.1. The van der Waals surface area contributed by atoms with E-state index in [9.17, 15) is 4.79 Å². The third-order valence-electron chi connectivity index (χ3n) is 5.41. The maximum atomic E-state index is 12.2. The summed E-state index contributed by atoms with van der Waals surface area (Å²) in [6.45, 7) is 7.01. The number of ether oxygens (including phenoxy) is 2. The van der Waals surface area contributed by atoms with Crippen molar-refractivity contribution in [3.8, 4) is 5.75 Å². The largest absolute Gasteiger partial charge is 0.491 e. The lowest BCUT2D eigenvalue weighted by atomic mass is 9.82. The summed E-state index contributed by atoms with van der Waals surface area (Å²) in [5.74, 6) is 1.24. The van der Waals surface area contributed by atoms with Gasteiger partial charge in [0.05, 0.1) is 18.3 Å². The Labute approximate surface area is 151 Å². The molecule has 2 saturated heterocycles. The van der Waals surface area contributed by atoms with Gasteiger partial charge >= 0.3 is 5.97 Å². The standard InChI is InChI=1S/C21H31NO3/c1-16(2)25-19-10-8-18(9-11-19)21(23)24-15-12-17-6-5-14-22-13-4-3-7-20(17)22/h8-11,16-17,20H,3-7,12-15H2,1-2H3/t17-,20-/m0/s1. The molecule has 4 nitrogen and oxygen atoms in total. The third-order valence-corrected chi connectivity index (χ3v) is 5.41. The molecule has 2 atom stereocenters. The van der Waals surface area contributed by atoms with Crippen LogP contribution >= 0.6 is 0 Å². The molecule has 0 unspecified atom stereocenters. The lowest BCUT2D eigenvalue weighted by Gasteiger charge is -2.44. The first-order valence-corrected chi connectivity index (χ1v) is 9.81. The Balaban J connectivity index is 1.45. The number of piperidine rings is 2. The van der Waals surface area contributed by atoms with Gasteiger partial charge in [0.25, 0.3) is 0 Å². The van der Waals surface area contributed by atoms with Crippen LogP contribution in [0.3, 0.4) is 0 Å². The topological polar surface area (TPSA) is 38.8 Å². The van der Waals surface area contributed by atoms with Crippen LogP contribution in [0.2, 0.25) is 0 Å². The number of carbonyl (C=O) groups excluding carboxylic acids is 1. The van der Waals surface area contributed by atoms with E-state index in [0.717, 1.165) is 12.2 Å². The molecule has 0 N–H and O–H groups in total. The highest BCUT2D eigenvalue weighted by Crippen LogP contribution is 2.32. The van der Waals surface area contributed by atoms with E-state index in [2.05, 4.69) is 4.90 Å². The Bertz CT molecular complexity index is 553. The van der Waals surface area contributed by atoms with Crippen molar-refractivity contribution in [3.05, 3.63) is 29.8 Å². The molecule has 138 valence electrons. The van der Waals surface area contributed by atoms with Crippen molar-refractivity contribution in [3.63, 3.8) is 0 Å². The Kier molecular flexibility index (Phi) is 6.35. The molecule has 0 aromatic heterocycles. The predicted molar refractivity (Wildman–Crippen MR) is 99.0 cm³/mol. The molecule has 0 amide bonds. The number of fused-ring (bicyclic) bond motifs is 1. The minimum atomic E-state index is -0.229. The van der Waals surface area contributed by atoms with Gasteiger partial charge in [-0.3, -0.25) is 0 Å². The maximum absolute atomic E-state index is 12.2. The van der Waals surface area contributed by atoms with Gasteiger partial charge in [-0.1, -0.05) is 6.42 Å². The second-order valence-electron chi connectivity index (χ2n) is 7.62. The van der Waals surface area contributed by atoms with Crippen LogP contribution in [-0.2, 0) is 4.74 Å². The van der Waals surface area contributed by atoms with E-state index in [-0.39, 0.29) is 12.1 Å². The number of rotatable bonds is 6. The zero-order chi connectivity index (χ0) is 17.6. The fraction of sp³-hybridized carbons (Fsp3) is 0.667. The van der Waals surface area contributed by atoms with Crippen molar-refractivity contribution in [1.82, 2.24) is 4.90 Å². The van der Waals surface area contributed by atoms with Crippen molar-refractivity contribution in [1.29, 1.82) is 0 Å². The molecule has 2 aliphatic heterocycles. The molecule has 25 heavy (non-hydrogen) atoms. The van der Waals surface area contributed by atoms with Crippen LogP contribution in [0.25, 0.3) is 0 Å². The van der Waals surface area contributed by atoms with Gasteiger partial charge in [0.1, 0.15) is 5.75 Å². The van der Waals surface area contributed by atoms with Crippen LogP contribution < -0.4 is 4.74 Å². The zero-order valence-electron chi connectivity index (χ0n) is 15.6. The molecule has 2 heterocycles. The molecule has 4 heteroatoms. The average molecular weight is 345 g/mol. The van der Waals surface area contributed by atoms with E-state index in [1.807, 2.05) is 26.0 Å². The molecule has 2 fully saturated rings. The van der Waals surface area contributed by atoms with Gasteiger partial charge in [-0.2, -0.15) is 0 Å². The van der Waals surface area contributed by atoms with Crippen molar-refractivity contribution < 1.29 is 14.3 Å². The second kappa shape index (κ2) is 8.70. The monoisotopic (exact) mass is 345 g/mol. The van der Waals surface area contributed by atoms with Crippen molar-refractivity contribution >= 4 is 5.97 Å². The number of nitrogens with zero attached hydrogens (tertiary/aromatic N) is 1. The maximum Gasteiger partial charge on any atom is 0.338 e. The summed E-state index contributed by atoms with van der Waals surface area (Å²) in [7, 11) is 0. The Morgan fingerprint density at radius 3 is 2.64 bits per heavy atom. The summed E-state index contributed by atoms with van der Waals surface area (Å²) in [5, 5.41) is 0. The Morgan fingerprint density at radius 1 is 1.12 bits per heavy atom. The van der Waals surface area contributed by atoms with Gasteiger partial charge in [-0.05, 0) is 89.2 Å². The van der Waals surface area contributed by atoms with E-state index in [0.29, 0.717) is 24.1 Å². The van der Waals surface area contributed by atoms with E-state index in [1.54, 1.807) is 12.1 Å². The molecule has 0 bridgehead atoms. The molecule has 1 aromatic carbocycles. The summed E-state index contributed by atoms with van der Waals surface area (Å²) in [4.78, 5) is 14.9. The number of carbonyl (C=O) groups is 1. The predicted octanol–water partition coefficient (Wildman–Crippen LogP) is 4.29. The average Bonchev–Trinajstić information content (AvgIpc) is 2.62. The second-order valence-corrected chi connectivity index (χ2v) is 7.62. The quantitative estimate of drug-likeness (QED) is 0.721. The first-order chi connectivity index (χ1) is 12.1. The highest BCUT2D eigenvalue weighted by Gasteiger charge is 2.32. The van der Waals surface area contributed by atoms with Crippen LogP contribution in [0, 0.1) is 5.92 Å². The van der Waals surface area contributed by atoms with Crippen molar-refractivity contribution in [2.45, 2.75) is 64.5 Å². The van der Waals surface area contributed by atoms with E-state index < -0.39 is 0 Å². The smallest absolute Gasteiger partial charge is 0.338 e. The highest BCUT2D eigenvalue weighted by molar-refractivity contribution is 5.89. The summed E-state index contributed by atoms with van der Waals surface area (Å²) in [5.41, 5.74) is 0.596. The lowest BCUT2D eigenvalue weighted by molar-refractivity contribution is 0.0296. The molecule has 2 aliphatic rings. The molecule has 3 rings (SSSR count).